The molecular formula is C22H25FN3PS. The Bertz CT molecular complexity index is 872. The Morgan fingerprint density at radius 1 is 1.39 bits per heavy atom. The molecule has 1 aromatic rings. The monoisotopic (exact) mass is 413 g/mol. The molecule has 28 heavy (non-hydrogen) atoms. The minimum Gasteiger partial charge on any atom is -0.355 e. The zero-order valence-electron chi connectivity index (χ0n) is 16.0. The third-order valence-electron chi connectivity index (χ3n) is 5.25. The van der Waals surface area contributed by atoms with Gasteiger partial charge in [0.15, 0.2) is 0 Å². The van der Waals surface area contributed by atoms with Crippen LogP contribution in [0.15, 0.2) is 70.8 Å². The second kappa shape index (κ2) is 9.04. The largest absolute Gasteiger partial charge is 0.355 e. The van der Waals surface area contributed by atoms with Gasteiger partial charge in [-0.3, -0.25) is 0 Å². The molecule has 1 aliphatic carbocycles. The minimum absolute atomic E-state index is 0.170. The van der Waals surface area contributed by atoms with Crippen LogP contribution in [0.1, 0.15) is 19.8 Å². The quantitative estimate of drug-likeness (QED) is 0.255. The molecule has 2 aliphatic rings. The third-order valence-corrected chi connectivity index (χ3v) is 6.90. The summed E-state index contributed by atoms with van der Waals surface area (Å²) in [4.78, 5) is 1.17. The van der Waals surface area contributed by atoms with Gasteiger partial charge in [0, 0.05) is 41.0 Å². The Morgan fingerprint density at radius 2 is 2.14 bits per heavy atom. The summed E-state index contributed by atoms with van der Waals surface area (Å²) < 4.78 is 15.6. The lowest BCUT2D eigenvalue weighted by molar-refractivity contribution is 0.278. The topological polar surface area (TPSA) is 39.1 Å². The Hall–Kier alpha value is -1.94. The van der Waals surface area contributed by atoms with Gasteiger partial charge in [-0.1, -0.05) is 17.7 Å². The first-order valence-corrected chi connectivity index (χ1v) is 10.6. The second-order valence-electron chi connectivity index (χ2n) is 6.96. The highest BCUT2D eigenvalue weighted by Crippen LogP contribution is 2.47. The molecule has 3 rings (SSSR count). The van der Waals surface area contributed by atoms with E-state index in [0.29, 0.717) is 0 Å². The summed E-state index contributed by atoms with van der Waals surface area (Å²) in [6, 6.07) is 6.30. The van der Waals surface area contributed by atoms with E-state index in [1.54, 1.807) is 24.1 Å². The zero-order valence-corrected chi connectivity index (χ0v) is 17.8. The summed E-state index contributed by atoms with van der Waals surface area (Å²) >= 11 is 1.74. The highest BCUT2D eigenvalue weighted by Gasteiger charge is 2.40. The van der Waals surface area contributed by atoms with Gasteiger partial charge in [0.05, 0.1) is 0 Å². The van der Waals surface area contributed by atoms with Gasteiger partial charge in [-0.25, -0.2) is 8.70 Å². The first-order valence-electron chi connectivity index (χ1n) is 9.24. The highest BCUT2D eigenvalue weighted by molar-refractivity contribution is 8.02. The van der Waals surface area contributed by atoms with E-state index in [1.807, 2.05) is 18.8 Å². The van der Waals surface area contributed by atoms with Crippen molar-refractivity contribution >= 4 is 38.5 Å². The van der Waals surface area contributed by atoms with Crippen LogP contribution in [-0.2, 0) is 0 Å². The summed E-state index contributed by atoms with van der Waals surface area (Å²) in [6.45, 7) is 7.97. The Kier molecular flexibility index (Phi) is 6.71. The molecule has 6 heteroatoms. The van der Waals surface area contributed by atoms with Gasteiger partial charge in [0.1, 0.15) is 5.82 Å². The molecule has 0 radical (unpaired) electrons. The second-order valence-corrected chi connectivity index (χ2v) is 8.42. The van der Waals surface area contributed by atoms with Crippen molar-refractivity contribution < 1.29 is 4.39 Å². The molecule has 0 aromatic heterocycles. The lowest BCUT2D eigenvalue weighted by Crippen LogP contribution is -2.42. The van der Waals surface area contributed by atoms with Gasteiger partial charge in [-0.15, -0.1) is 15.4 Å². The molecule has 1 unspecified atom stereocenters. The van der Waals surface area contributed by atoms with E-state index in [-0.39, 0.29) is 11.2 Å². The molecule has 3 nitrogen and oxygen atoms in total. The highest BCUT2D eigenvalue weighted by atomic mass is 32.2. The summed E-state index contributed by atoms with van der Waals surface area (Å²) in [6.07, 6.45) is 9.37. The first kappa shape index (κ1) is 20.8. The number of piperidine rings is 1. The smallest absolute Gasteiger partial charge is 0.123 e. The average molecular weight is 414 g/mol. The van der Waals surface area contributed by atoms with E-state index in [0.717, 1.165) is 42.9 Å². The SMILES string of the molecule is C=CC12CC(C=N)=C(Nc3ccc(F)cc3)C=C1CCN(S/C(C=P)=C/C)C2. The molecule has 2 N–H and O–H groups in total. The lowest BCUT2D eigenvalue weighted by atomic mass is 9.69. The van der Waals surface area contributed by atoms with E-state index < -0.39 is 0 Å². The van der Waals surface area contributed by atoms with Crippen LogP contribution in [0, 0.1) is 16.6 Å². The fourth-order valence-electron chi connectivity index (χ4n) is 3.67. The number of rotatable bonds is 7. The molecule has 1 fully saturated rings. The maximum atomic E-state index is 13.2. The molecule has 146 valence electrons. The molecule has 0 saturated carbocycles. The van der Waals surface area contributed by atoms with Crippen LogP contribution < -0.4 is 5.32 Å². The first-order chi connectivity index (χ1) is 13.5. The van der Waals surface area contributed by atoms with Crippen LogP contribution in [-0.4, -0.2) is 29.4 Å². The van der Waals surface area contributed by atoms with Gasteiger partial charge in [-0.05, 0) is 73.4 Å². The normalized spacial score (nSPS) is 22.9. The predicted octanol–water partition coefficient (Wildman–Crippen LogP) is 5.85. The van der Waals surface area contributed by atoms with Crippen LogP contribution >= 0.6 is 20.8 Å². The maximum absolute atomic E-state index is 13.2. The van der Waals surface area contributed by atoms with Gasteiger partial charge in [-0.2, -0.15) is 0 Å². The fourth-order valence-corrected chi connectivity index (χ4v) is 4.93. The van der Waals surface area contributed by atoms with E-state index >= 15 is 0 Å². The number of fused-ring (bicyclic) bond motifs is 1. The molecule has 1 heterocycles. The average Bonchev–Trinajstić information content (AvgIpc) is 2.73. The Morgan fingerprint density at radius 3 is 2.75 bits per heavy atom. The summed E-state index contributed by atoms with van der Waals surface area (Å²) in [5.41, 5.74) is 3.82. The van der Waals surface area contributed by atoms with Crippen LogP contribution in [0.25, 0.3) is 0 Å². The Balaban J connectivity index is 1.85. The minimum atomic E-state index is -0.259. The zero-order chi connectivity index (χ0) is 20.1. The van der Waals surface area contributed by atoms with Crippen molar-refractivity contribution in [2.45, 2.75) is 19.8 Å². The molecule has 0 spiro atoms. The third kappa shape index (κ3) is 4.38. The van der Waals surface area contributed by atoms with Crippen molar-refractivity contribution in [2.75, 3.05) is 18.4 Å². The van der Waals surface area contributed by atoms with Crippen molar-refractivity contribution in [3.63, 3.8) is 0 Å². The number of allylic oxidation sites excluding steroid dienone is 4. The number of nitrogens with one attached hydrogen (secondary N) is 2. The van der Waals surface area contributed by atoms with Crippen molar-refractivity contribution in [1.82, 2.24) is 4.31 Å². The maximum Gasteiger partial charge on any atom is 0.123 e. The summed E-state index contributed by atoms with van der Waals surface area (Å²) in [5.74, 6) is 1.68. The number of hydrogen-bond acceptors (Lipinski definition) is 4. The summed E-state index contributed by atoms with van der Waals surface area (Å²) in [7, 11) is 3.48. The number of nitrogens with zero attached hydrogens (tertiary/aromatic N) is 1. The number of anilines is 1. The molecule has 1 saturated heterocycles. The van der Waals surface area contributed by atoms with E-state index in [1.165, 1.54) is 28.8 Å². The number of halogens is 1. The van der Waals surface area contributed by atoms with E-state index in [9.17, 15) is 4.39 Å². The van der Waals surface area contributed by atoms with Crippen LogP contribution in [0.4, 0.5) is 10.1 Å². The van der Waals surface area contributed by atoms with Gasteiger partial charge >= 0.3 is 0 Å². The van der Waals surface area contributed by atoms with E-state index in [2.05, 4.69) is 37.2 Å². The van der Waals surface area contributed by atoms with Gasteiger partial charge < -0.3 is 10.7 Å². The number of benzene rings is 1. The van der Waals surface area contributed by atoms with Crippen LogP contribution in [0.3, 0.4) is 0 Å². The fraction of sp³-hybridized carbons (Fsp3) is 0.273. The van der Waals surface area contributed by atoms with E-state index in [4.69, 9.17) is 5.41 Å². The van der Waals surface area contributed by atoms with Crippen LogP contribution in [0.5, 0.6) is 0 Å². The predicted molar refractivity (Wildman–Crippen MR) is 123 cm³/mol. The van der Waals surface area contributed by atoms with Crippen molar-refractivity contribution in [3.8, 4) is 0 Å². The standard InChI is InChI=1S/C22H25FN3PS/c1-3-20(14-27)28-26-10-9-17-11-21(25-19-7-5-18(23)6-8-19)16(13-24)12-22(17,4-2)15-26/h3-8,11,13-14,24-25,27H,2,9-10,12,15H2,1H3/b20-3+,24-13?. The Labute approximate surface area is 173 Å². The molecular weight excluding hydrogens is 388 g/mol. The van der Waals surface area contributed by atoms with Gasteiger partial charge in [0.2, 0.25) is 0 Å². The summed E-state index contributed by atoms with van der Waals surface area (Å²) in [5, 5.41) is 11.3. The van der Waals surface area contributed by atoms with Crippen molar-refractivity contribution in [2.24, 2.45) is 5.41 Å². The lowest BCUT2D eigenvalue weighted by Gasteiger charge is -2.45. The number of hydrogen-bond donors (Lipinski definition) is 2. The van der Waals surface area contributed by atoms with Crippen molar-refractivity contribution in [3.05, 3.63) is 76.6 Å². The van der Waals surface area contributed by atoms with Crippen LogP contribution in [0.2, 0.25) is 0 Å². The molecule has 1 atom stereocenters. The van der Waals surface area contributed by atoms with Crippen molar-refractivity contribution in [1.29, 1.82) is 5.41 Å². The van der Waals surface area contributed by atoms with Gasteiger partial charge in [0.25, 0.3) is 0 Å². The molecule has 1 aliphatic heterocycles. The molecule has 1 aromatic carbocycles. The molecule has 0 bridgehead atoms. The molecule has 0 amide bonds.